The molecule has 2 aromatic rings. The van der Waals surface area contributed by atoms with Gasteiger partial charge in [-0.15, -0.1) is 0 Å². The zero-order valence-corrected chi connectivity index (χ0v) is 13.3. The topological polar surface area (TPSA) is 49.3 Å². The van der Waals surface area contributed by atoms with Crippen LogP contribution < -0.4 is 5.32 Å². The maximum atomic E-state index is 13.5. The fraction of sp³-hybridized carbons (Fsp3) is 0.316. The molecular weight excluding hydrogens is 312 g/mol. The molecule has 0 fully saturated rings. The van der Waals surface area contributed by atoms with E-state index in [4.69, 9.17) is 0 Å². The third-order valence-electron chi connectivity index (χ3n) is 3.92. The molecule has 0 saturated carbocycles. The number of hydrogen-bond donors (Lipinski definition) is 2. The second kappa shape index (κ2) is 9.13. The summed E-state index contributed by atoms with van der Waals surface area (Å²) in [5.74, 6) is -1.23. The van der Waals surface area contributed by atoms with Crippen molar-refractivity contribution in [2.45, 2.75) is 25.2 Å². The van der Waals surface area contributed by atoms with Gasteiger partial charge in [-0.1, -0.05) is 30.3 Å². The summed E-state index contributed by atoms with van der Waals surface area (Å²) in [6.45, 7) is 0.430. The van der Waals surface area contributed by atoms with Gasteiger partial charge >= 0.3 is 0 Å². The van der Waals surface area contributed by atoms with Crippen LogP contribution in [-0.2, 0) is 11.2 Å². The fourth-order valence-corrected chi connectivity index (χ4v) is 2.58. The lowest BCUT2D eigenvalue weighted by atomic mass is 9.96. The highest BCUT2D eigenvalue weighted by atomic mass is 19.1. The number of halogens is 2. The number of aliphatic hydroxyl groups excluding tert-OH is 1. The molecule has 24 heavy (non-hydrogen) atoms. The molecule has 0 bridgehead atoms. The van der Waals surface area contributed by atoms with E-state index in [1.165, 1.54) is 0 Å². The Hall–Kier alpha value is -2.27. The third kappa shape index (κ3) is 5.42. The van der Waals surface area contributed by atoms with Gasteiger partial charge in [-0.2, -0.15) is 0 Å². The Kier molecular flexibility index (Phi) is 6.88. The molecule has 128 valence electrons. The molecule has 0 saturated heterocycles. The van der Waals surface area contributed by atoms with E-state index in [0.29, 0.717) is 13.0 Å². The molecule has 0 aliphatic carbocycles. The van der Waals surface area contributed by atoms with E-state index in [2.05, 4.69) is 5.32 Å². The SMILES string of the molecule is O=C(CCc1cc(F)ccc1F)NCC(CCO)c1ccccc1. The molecule has 1 unspecified atom stereocenters. The number of nitrogens with one attached hydrogen (secondary N) is 1. The monoisotopic (exact) mass is 333 g/mol. The van der Waals surface area contributed by atoms with Crippen LogP contribution in [0.5, 0.6) is 0 Å². The summed E-state index contributed by atoms with van der Waals surface area (Å²) in [6.07, 6.45) is 0.773. The normalized spacial score (nSPS) is 12.0. The van der Waals surface area contributed by atoms with Crippen molar-refractivity contribution in [3.05, 3.63) is 71.3 Å². The Morgan fingerprint density at radius 2 is 1.88 bits per heavy atom. The van der Waals surface area contributed by atoms with E-state index in [0.717, 1.165) is 23.8 Å². The van der Waals surface area contributed by atoms with Gasteiger partial charge in [-0.05, 0) is 42.2 Å². The summed E-state index contributed by atoms with van der Waals surface area (Å²) in [4.78, 5) is 12.0. The molecule has 0 aromatic heterocycles. The van der Waals surface area contributed by atoms with Crippen LogP contribution in [-0.4, -0.2) is 24.2 Å². The van der Waals surface area contributed by atoms with Gasteiger partial charge in [0.15, 0.2) is 0 Å². The maximum absolute atomic E-state index is 13.5. The lowest BCUT2D eigenvalue weighted by molar-refractivity contribution is -0.121. The molecule has 3 nitrogen and oxygen atoms in total. The second-order valence-electron chi connectivity index (χ2n) is 5.66. The molecule has 1 atom stereocenters. The average molecular weight is 333 g/mol. The lowest BCUT2D eigenvalue weighted by Crippen LogP contribution is -2.29. The number of aliphatic hydroxyl groups is 1. The maximum Gasteiger partial charge on any atom is 0.220 e. The number of aryl methyl sites for hydroxylation is 1. The zero-order chi connectivity index (χ0) is 17.4. The van der Waals surface area contributed by atoms with Crippen molar-refractivity contribution in [1.29, 1.82) is 0 Å². The zero-order valence-electron chi connectivity index (χ0n) is 13.3. The number of hydrogen-bond acceptors (Lipinski definition) is 2. The molecule has 0 aliphatic rings. The number of amides is 1. The van der Waals surface area contributed by atoms with Crippen molar-refractivity contribution in [2.24, 2.45) is 0 Å². The number of rotatable bonds is 8. The van der Waals surface area contributed by atoms with Crippen LogP contribution in [0.4, 0.5) is 8.78 Å². The predicted molar refractivity (Wildman–Crippen MR) is 88.6 cm³/mol. The largest absolute Gasteiger partial charge is 0.396 e. The fourth-order valence-electron chi connectivity index (χ4n) is 2.58. The van der Waals surface area contributed by atoms with Gasteiger partial charge in [0.05, 0.1) is 0 Å². The van der Waals surface area contributed by atoms with Gasteiger partial charge in [0.2, 0.25) is 5.91 Å². The molecular formula is C19H21F2NO2. The first kappa shape index (κ1) is 18.1. The van der Waals surface area contributed by atoms with Gasteiger partial charge in [0.1, 0.15) is 11.6 Å². The summed E-state index contributed by atoms with van der Waals surface area (Å²) in [5, 5.41) is 12.0. The van der Waals surface area contributed by atoms with E-state index in [9.17, 15) is 18.7 Å². The summed E-state index contributed by atoms with van der Waals surface area (Å²) in [7, 11) is 0. The van der Waals surface area contributed by atoms with Gasteiger partial charge in [-0.25, -0.2) is 8.78 Å². The third-order valence-corrected chi connectivity index (χ3v) is 3.92. The molecule has 2 N–H and O–H groups in total. The van der Waals surface area contributed by atoms with Gasteiger partial charge in [0, 0.05) is 25.5 Å². The number of benzene rings is 2. The number of carbonyl (C=O) groups is 1. The smallest absolute Gasteiger partial charge is 0.220 e. The van der Waals surface area contributed by atoms with E-state index >= 15 is 0 Å². The Labute approximate surface area is 140 Å². The standard InChI is InChI=1S/C19H21F2NO2/c20-17-7-8-18(21)15(12-17)6-9-19(24)22-13-16(10-11-23)14-4-2-1-3-5-14/h1-5,7-8,12,16,23H,6,9-11,13H2,(H,22,24). The Morgan fingerprint density at radius 3 is 2.58 bits per heavy atom. The minimum absolute atomic E-state index is 0.0195. The van der Waals surface area contributed by atoms with Crippen LogP contribution in [0.25, 0.3) is 0 Å². The molecule has 2 rings (SSSR count). The quantitative estimate of drug-likeness (QED) is 0.779. The van der Waals surface area contributed by atoms with Crippen molar-refractivity contribution in [3.8, 4) is 0 Å². The first-order valence-corrected chi connectivity index (χ1v) is 7.96. The summed E-state index contributed by atoms with van der Waals surface area (Å²) in [6, 6.07) is 12.9. The van der Waals surface area contributed by atoms with Crippen LogP contribution in [0.2, 0.25) is 0 Å². The van der Waals surface area contributed by atoms with Crippen LogP contribution in [0, 0.1) is 11.6 Å². The molecule has 2 aromatic carbocycles. The highest BCUT2D eigenvalue weighted by Gasteiger charge is 2.13. The molecule has 5 heteroatoms. The van der Waals surface area contributed by atoms with E-state index in [1.54, 1.807) is 0 Å². The molecule has 0 aliphatic heterocycles. The Bertz CT molecular complexity index is 662. The van der Waals surface area contributed by atoms with E-state index in [1.807, 2.05) is 30.3 Å². The van der Waals surface area contributed by atoms with Crippen molar-refractivity contribution in [2.75, 3.05) is 13.2 Å². The minimum atomic E-state index is -0.515. The predicted octanol–water partition coefficient (Wildman–Crippen LogP) is 3.18. The number of carbonyl (C=O) groups excluding carboxylic acids is 1. The lowest BCUT2D eigenvalue weighted by Gasteiger charge is -2.17. The van der Waals surface area contributed by atoms with Crippen molar-refractivity contribution in [1.82, 2.24) is 5.32 Å². The molecule has 0 radical (unpaired) electrons. The van der Waals surface area contributed by atoms with Crippen LogP contribution in [0.1, 0.15) is 29.9 Å². The van der Waals surface area contributed by atoms with Crippen molar-refractivity contribution in [3.63, 3.8) is 0 Å². The highest BCUT2D eigenvalue weighted by Crippen LogP contribution is 2.18. The summed E-state index contributed by atoms with van der Waals surface area (Å²) >= 11 is 0. The summed E-state index contributed by atoms with van der Waals surface area (Å²) in [5.41, 5.74) is 1.24. The summed E-state index contributed by atoms with van der Waals surface area (Å²) < 4.78 is 26.6. The van der Waals surface area contributed by atoms with Crippen molar-refractivity contribution >= 4 is 5.91 Å². The van der Waals surface area contributed by atoms with Crippen LogP contribution >= 0.6 is 0 Å². The van der Waals surface area contributed by atoms with Gasteiger partial charge in [0.25, 0.3) is 0 Å². The highest BCUT2D eigenvalue weighted by molar-refractivity contribution is 5.76. The molecule has 1 amide bonds. The first-order chi connectivity index (χ1) is 11.6. The van der Waals surface area contributed by atoms with E-state index in [-0.39, 0.29) is 36.8 Å². The van der Waals surface area contributed by atoms with Crippen LogP contribution in [0.3, 0.4) is 0 Å². The van der Waals surface area contributed by atoms with Gasteiger partial charge in [-0.3, -0.25) is 4.79 Å². The average Bonchev–Trinajstić information content (AvgIpc) is 2.60. The Balaban J connectivity index is 1.86. The Morgan fingerprint density at radius 1 is 1.12 bits per heavy atom. The second-order valence-corrected chi connectivity index (χ2v) is 5.66. The van der Waals surface area contributed by atoms with Crippen LogP contribution in [0.15, 0.2) is 48.5 Å². The van der Waals surface area contributed by atoms with E-state index < -0.39 is 11.6 Å². The van der Waals surface area contributed by atoms with Crippen molar-refractivity contribution < 1.29 is 18.7 Å². The molecule has 0 spiro atoms. The minimum Gasteiger partial charge on any atom is -0.396 e. The first-order valence-electron chi connectivity index (χ1n) is 7.96. The molecule has 0 heterocycles. The van der Waals surface area contributed by atoms with Gasteiger partial charge < -0.3 is 10.4 Å².